The second-order valence-corrected chi connectivity index (χ2v) is 21.4. The summed E-state index contributed by atoms with van der Waals surface area (Å²) < 4.78 is 34.6. The molecule has 3 N–H and O–H groups in total. The molecule has 0 aromatic heterocycles. The molecular weight excluding hydrogens is 1060 g/mol. The van der Waals surface area contributed by atoms with Gasteiger partial charge in [0.2, 0.25) is 17.7 Å². The Balaban J connectivity index is 0.798. The Kier molecular flexibility index (Phi) is 18.9. The van der Waals surface area contributed by atoms with E-state index in [1.807, 2.05) is 47.5 Å². The topological polar surface area (TPSA) is 233 Å². The standard InChI is InChI=1S/C63H71N7O13/c1-38(2)58(67-56(71)20-12-13-21-57(72)80-6)60(74)65-39(3)59(73)66-44-24-22-40(23-25-44)37-83-63(77)69-36-46-29-42-17-10-11-19-50(42)70(46)62(76)48-31-53(79-5)55(33-51(48)69)82-27-15-7-14-26-81-54-32-49-47(30-52(54)78-4)61(75)68-35-43-18-9-8-16-41(43)28-45(68)34-64-49/h8-11,16-19,22-25,30-34,38-39,45-46,58H,7,12-15,20-21,26-29,35-37H2,1-6H3,(H,65,74)(H,66,73)(H,67,71)/t39-,45-,46-,58-/m0/s1. The average molecular weight is 1130 g/mol. The highest BCUT2D eigenvalue weighted by atomic mass is 16.6. The number of methoxy groups -OCH3 is 3. The molecule has 0 saturated heterocycles. The molecule has 20 heteroatoms. The first kappa shape index (κ1) is 58.7. The van der Waals surface area contributed by atoms with Crippen LogP contribution in [0, 0.1) is 5.92 Å². The largest absolute Gasteiger partial charge is 0.493 e. The average Bonchev–Trinajstić information content (AvgIpc) is 4.04. The normalized spacial score (nSPS) is 16.3. The number of para-hydroxylation sites is 1. The number of carbonyl (C=O) groups excluding carboxylic acids is 7. The van der Waals surface area contributed by atoms with E-state index in [1.165, 1.54) is 31.6 Å². The van der Waals surface area contributed by atoms with Crippen LogP contribution in [-0.2, 0) is 54.6 Å². The van der Waals surface area contributed by atoms with Crippen LogP contribution in [0.15, 0.2) is 102 Å². The maximum absolute atomic E-state index is 14.6. The minimum atomic E-state index is -0.956. The monoisotopic (exact) mass is 1130 g/mol. The van der Waals surface area contributed by atoms with Crippen LogP contribution in [0.5, 0.6) is 23.0 Å². The van der Waals surface area contributed by atoms with Gasteiger partial charge in [0.05, 0.1) is 75.7 Å². The Morgan fingerprint density at radius 2 is 1.33 bits per heavy atom. The van der Waals surface area contributed by atoms with Crippen LogP contribution < -0.4 is 44.7 Å². The predicted octanol–water partition coefficient (Wildman–Crippen LogP) is 8.66. The molecule has 4 heterocycles. The summed E-state index contributed by atoms with van der Waals surface area (Å²) in [7, 11) is 4.35. The van der Waals surface area contributed by atoms with E-state index in [4.69, 9.17) is 28.7 Å². The summed E-state index contributed by atoms with van der Waals surface area (Å²) in [5.41, 5.74) is 6.70. The van der Waals surface area contributed by atoms with Crippen LogP contribution >= 0.6 is 0 Å². The van der Waals surface area contributed by atoms with Gasteiger partial charge in [-0.25, -0.2) is 4.79 Å². The second kappa shape index (κ2) is 26.8. The van der Waals surface area contributed by atoms with Gasteiger partial charge in [-0.1, -0.05) is 68.4 Å². The zero-order chi connectivity index (χ0) is 58.7. The number of ether oxygens (including phenoxy) is 6. The molecule has 9 rings (SSSR count). The molecule has 5 aromatic carbocycles. The molecule has 0 fully saturated rings. The smallest absolute Gasteiger partial charge is 0.414 e. The lowest BCUT2D eigenvalue weighted by Gasteiger charge is -2.34. The van der Waals surface area contributed by atoms with Gasteiger partial charge in [-0.2, -0.15) is 0 Å². The van der Waals surface area contributed by atoms with Gasteiger partial charge in [-0.15, -0.1) is 0 Å². The van der Waals surface area contributed by atoms with Crippen molar-refractivity contribution in [3.8, 4) is 23.0 Å². The lowest BCUT2D eigenvalue weighted by Crippen LogP contribution is -2.53. The second-order valence-electron chi connectivity index (χ2n) is 21.4. The van der Waals surface area contributed by atoms with Crippen LogP contribution in [0.4, 0.5) is 27.5 Å². The number of aliphatic imine (C=N–C) groups is 1. The zero-order valence-electron chi connectivity index (χ0n) is 47.7. The van der Waals surface area contributed by atoms with E-state index in [9.17, 15) is 33.6 Å². The molecule has 20 nitrogen and oxygen atoms in total. The lowest BCUT2D eigenvalue weighted by atomic mass is 9.94. The Hall–Kier alpha value is -8.94. The highest BCUT2D eigenvalue weighted by Crippen LogP contribution is 2.43. The number of hydrogen-bond acceptors (Lipinski definition) is 14. The summed E-state index contributed by atoms with van der Waals surface area (Å²) >= 11 is 0. The molecule has 0 radical (unpaired) electrons. The molecule has 0 unspecified atom stereocenters. The summed E-state index contributed by atoms with van der Waals surface area (Å²) in [5, 5.41) is 8.23. The molecule has 4 aliphatic rings. The molecular formula is C63H71N7O13. The molecule has 0 spiro atoms. The van der Waals surface area contributed by atoms with Crippen LogP contribution in [-0.4, -0.2) is 118 Å². The first-order chi connectivity index (χ1) is 40.1. The van der Waals surface area contributed by atoms with Crippen LogP contribution in [0.1, 0.15) is 109 Å². The van der Waals surface area contributed by atoms with Crippen LogP contribution in [0.2, 0.25) is 0 Å². The van der Waals surface area contributed by atoms with Crippen molar-refractivity contribution < 1.29 is 62.0 Å². The van der Waals surface area contributed by atoms with Gasteiger partial charge in [-0.05, 0) is 110 Å². The summed E-state index contributed by atoms with van der Waals surface area (Å²) in [6, 6.07) is 26.9. The summed E-state index contributed by atoms with van der Waals surface area (Å²) in [5.74, 6) is -0.755. The van der Waals surface area contributed by atoms with Crippen molar-refractivity contribution in [3.63, 3.8) is 0 Å². The molecule has 83 heavy (non-hydrogen) atoms. The number of hydrogen-bond donors (Lipinski definition) is 3. The maximum Gasteiger partial charge on any atom is 0.414 e. The van der Waals surface area contributed by atoms with E-state index < -0.39 is 30.0 Å². The number of nitrogens with zero attached hydrogens (tertiary/aromatic N) is 4. The Morgan fingerprint density at radius 3 is 2.02 bits per heavy atom. The number of benzene rings is 5. The van der Waals surface area contributed by atoms with Crippen molar-refractivity contribution >= 4 is 70.6 Å². The lowest BCUT2D eigenvalue weighted by molar-refractivity contribution is -0.140. The van der Waals surface area contributed by atoms with Crippen LogP contribution in [0.25, 0.3) is 0 Å². The summed E-state index contributed by atoms with van der Waals surface area (Å²) in [4.78, 5) is 103. The van der Waals surface area contributed by atoms with E-state index in [0.717, 1.165) is 23.2 Å². The first-order valence-corrected chi connectivity index (χ1v) is 28.2. The van der Waals surface area contributed by atoms with Crippen molar-refractivity contribution in [2.45, 2.75) is 116 Å². The summed E-state index contributed by atoms with van der Waals surface area (Å²) in [6.45, 7) is 6.28. The highest BCUT2D eigenvalue weighted by Gasteiger charge is 2.42. The fourth-order valence-corrected chi connectivity index (χ4v) is 10.7. The number of esters is 1. The van der Waals surface area contributed by atoms with E-state index in [-0.39, 0.29) is 73.2 Å². The number of nitrogens with one attached hydrogen (secondary N) is 3. The van der Waals surface area contributed by atoms with Crippen molar-refractivity contribution in [3.05, 3.63) is 130 Å². The molecule has 0 bridgehead atoms. The van der Waals surface area contributed by atoms with E-state index in [0.29, 0.717) is 109 Å². The number of fused-ring (bicyclic) bond motifs is 7. The van der Waals surface area contributed by atoms with Gasteiger partial charge >= 0.3 is 12.1 Å². The van der Waals surface area contributed by atoms with Gasteiger partial charge in [0.1, 0.15) is 18.7 Å². The van der Waals surface area contributed by atoms with Gasteiger partial charge in [0.15, 0.2) is 23.0 Å². The third-order valence-corrected chi connectivity index (χ3v) is 15.3. The number of amides is 6. The predicted molar refractivity (Wildman–Crippen MR) is 311 cm³/mol. The SMILES string of the molecule is COC(=O)CCCCC(=O)N[C@H](C(=O)N[C@@H](C)C(=O)Nc1ccc(COC(=O)N2C[C@@H]3Cc4ccccc4N3C(=O)c3cc(OC)c(OCCCCCOc4cc5c(cc4OC)C(=O)N4Cc6ccccc6C[C@H]4C=N5)cc32)cc1)C(C)C. The first-order valence-electron chi connectivity index (χ1n) is 28.2. The van der Waals surface area contributed by atoms with Gasteiger partial charge in [0, 0.05) is 49.1 Å². The minimum absolute atomic E-state index is 0.105. The number of carbonyl (C=O) groups is 7. The number of anilines is 3. The molecule has 0 aliphatic carbocycles. The molecule has 6 amide bonds. The highest BCUT2D eigenvalue weighted by molar-refractivity contribution is 6.14. The summed E-state index contributed by atoms with van der Waals surface area (Å²) in [6.07, 6.45) is 5.68. The fraction of sp³-hybridized carbons (Fsp3) is 0.397. The molecule has 4 aliphatic heterocycles. The van der Waals surface area contributed by atoms with Gasteiger partial charge < -0.3 is 54.2 Å². The third kappa shape index (κ3) is 13.7. The Bertz CT molecular complexity index is 3270. The maximum atomic E-state index is 14.6. The zero-order valence-corrected chi connectivity index (χ0v) is 47.7. The van der Waals surface area contributed by atoms with Crippen molar-refractivity contribution in [2.24, 2.45) is 10.9 Å². The quantitative estimate of drug-likeness (QED) is 0.0411. The van der Waals surface area contributed by atoms with E-state index in [2.05, 4.69) is 32.8 Å². The number of unbranched alkanes of at least 4 members (excludes halogenated alkanes) is 3. The molecule has 436 valence electrons. The molecule has 0 saturated carbocycles. The van der Waals surface area contributed by atoms with Crippen molar-refractivity contribution in [2.75, 3.05) is 56.2 Å². The molecule has 4 atom stereocenters. The van der Waals surface area contributed by atoms with Gasteiger partial charge in [0.25, 0.3) is 11.8 Å². The van der Waals surface area contributed by atoms with Crippen LogP contribution in [0.3, 0.4) is 0 Å². The van der Waals surface area contributed by atoms with Crippen molar-refractivity contribution in [1.82, 2.24) is 15.5 Å². The van der Waals surface area contributed by atoms with E-state index >= 15 is 0 Å². The fourth-order valence-electron chi connectivity index (χ4n) is 10.7. The van der Waals surface area contributed by atoms with Crippen molar-refractivity contribution in [1.29, 1.82) is 0 Å². The minimum Gasteiger partial charge on any atom is -0.493 e. The Morgan fingerprint density at radius 1 is 0.663 bits per heavy atom. The third-order valence-electron chi connectivity index (χ3n) is 15.3. The number of rotatable bonds is 23. The van der Waals surface area contributed by atoms with Gasteiger partial charge in [-0.3, -0.25) is 38.7 Å². The Labute approximate surface area is 482 Å². The molecule has 5 aromatic rings. The van der Waals surface area contributed by atoms with E-state index in [1.54, 1.807) is 74.4 Å².